The molecule has 0 aliphatic heterocycles. The Hall–Kier alpha value is -2.07. The minimum atomic E-state index is -0.997. The molecule has 0 saturated heterocycles. The van der Waals surface area contributed by atoms with Crippen LogP contribution in [0, 0.1) is 0 Å². The number of benzene rings is 2. The Morgan fingerprint density at radius 2 is 1.78 bits per heavy atom. The van der Waals surface area contributed by atoms with Gasteiger partial charge in [0.25, 0.3) is 0 Å². The van der Waals surface area contributed by atoms with E-state index in [1.54, 1.807) is 14.2 Å². The number of amides is 1. The average Bonchev–Trinajstić information content (AvgIpc) is 2.37. The van der Waals surface area contributed by atoms with Crippen molar-refractivity contribution >= 4 is 16.9 Å². The summed E-state index contributed by atoms with van der Waals surface area (Å²) in [5, 5.41) is 13.1. The lowest BCUT2D eigenvalue weighted by molar-refractivity contribution is 0.194. The third-order valence-electron chi connectivity index (χ3n) is 2.31. The molecule has 2 N–H and O–H groups in total. The Balaban J connectivity index is 0.000000492. The molecule has 0 radical (unpaired) electrons. The summed E-state index contributed by atoms with van der Waals surface area (Å²) in [6.45, 7) is 0.344. The van der Waals surface area contributed by atoms with Crippen LogP contribution < -0.4 is 5.32 Å². The highest BCUT2D eigenvalue weighted by atomic mass is 16.4. The molecule has 1 amide bonds. The van der Waals surface area contributed by atoms with Crippen molar-refractivity contribution in [1.82, 2.24) is 5.32 Å². The average molecular weight is 247 g/mol. The van der Waals surface area contributed by atoms with Crippen LogP contribution in [-0.4, -0.2) is 25.4 Å². The first-order valence-electron chi connectivity index (χ1n) is 5.52. The predicted molar refractivity (Wildman–Crippen MR) is 71.7 cm³/mol. The lowest BCUT2D eigenvalue weighted by Gasteiger charge is -2.05. The predicted octanol–water partition coefficient (Wildman–Crippen LogP) is 2.87. The number of hydrogen-bond donors (Lipinski definition) is 2. The Labute approximate surface area is 106 Å². The van der Waals surface area contributed by atoms with Gasteiger partial charge in [0.15, 0.2) is 0 Å². The molecule has 2 aromatic rings. The van der Waals surface area contributed by atoms with Crippen molar-refractivity contribution in [2.24, 2.45) is 0 Å². The fraction of sp³-hybridized carbons (Fsp3) is 0.214. The standard InChI is InChI=1S/C12H11NO2.C2H6O/c14-12(15)13-8-10-6-3-5-9-4-1-2-7-11(9)10;1-3-2/h1-7,13H,8H2,(H,14,15);1-2H3. The van der Waals surface area contributed by atoms with E-state index in [9.17, 15) is 4.79 Å². The normalized spacial score (nSPS) is 9.44. The van der Waals surface area contributed by atoms with E-state index >= 15 is 0 Å². The zero-order valence-corrected chi connectivity index (χ0v) is 10.5. The maximum atomic E-state index is 10.4. The second kappa shape index (κ2) is 7.29. The van der Waals surface area contributed by atoms with Gasteiger partial charge in [-0.25, -0.2) is 4.79 Å². The van der Waals surface area contributed by atoms with Gasteiger partial charge in [-0.1, -0.05) is 42.5 Å². The highest BCUT2D eigenvalue weighted by Crippen LogP contribution is 2.17. The van der Waals surface area contributed by atoms with Gasteiger partial charge < -0.3 is 15.2 Å². The SMILES string of the molecule is COC.O=C(O)NCc1cccc2ccccc12. The lowest BCUT2D eigenvalue weighted by atomic mass is 10.0. The van der Waals surface area contributed by atoms with Crippen LogP contribution in [0.3, 0.4) is 0 Å². The molecule has 96 valence electrons. The molecule has 0 fully saturated rings. The molecule has 0 heterocycles. The molecule has 0 spiro atoms. The summed E-state index contributed by atoms with van der Waals surface area (Å²) in [6, 6.07) is 13.8. The fourth-order valence-corrected chi connectivity index (χ4v) is 1.62. The van der Waals surface area contributed by atoms with Crippen molar-refractivity contribution in [3.8, 4) is 0 Å². The van der Waals surface area contributed by atoms with Gasteiger partial charge in [-0.05, 0) is 16.3 Å². The molecule has 0 aliphatic rings. The topological polar surface area (TPSA) is 58.6 Å². The molecular weight excluding hydrogens is 230 g/mol. The summed E-state index contributed by atoms with van der Waals surface area (Å²) < 4.78 is 4.25. The van der Waals surface area contributed by atoms with E-state index in [2.05, 4.69) is 10.1 Å². The van der Waals surface area contributed by atoms with Gasteiger partial charge in [-0.3, -0.25) is 0 Å². The molecule has 18 heavy (non-hydrogen) atoms. The van der Waals surface area contributed by atoms with Gasteiger partial charge in [0, 0.05) is 20.8 Å². The van der Waals surface area contributed by atoms with E-state index in [1.165, 1.54) is 0 Å². The zero-order valence-electron chi connectivity index (χ0n) is 10.5. The van der Waals surface area contributed by atoms with Crippen LogP contribution in [-0.2, 0) is 11.3 Å². The van der Waals surface area contributed by atoms with E-state index in [-0.39, 0.29) is 0 Å². The molecule has 0 aliphatic carbocycles. The second-order valence-electron chi connectivity index (χ2n) is 3.71. The van der Waals surface area contributed by atoms with Crippen molar-refractivity contribution in [3.05, 3.63) is 48.0 Å². The Morgan fingerprint density at radius 1 is 1.17 bits per heavy atom. The lowest BCUT2D eigenvalue weighted by Crippen LogP contribution is -2.19. The number of methoxy groups -OCH3 is 1. The van der Waals surface area contributed by atoms with E-state index in [0.717, 1.165) is 16.3 Å². The minimum absolute atomic E-state index is 0.344. The van der Waals surface area contributed by atoms with Crippen LogP contribution in [0.5, 0.6) is 0 Å². The highest BCUT2D eigenvalue weighted by Gasteiger charge is 2.01. The van der Waals surface area contributed by atoms with E-state index in [1.807, 2.05) is 42.5 Å². The number of carboxylic acid groups (broad SMARTS) is 1. The van der Waals surface area contributed by atoms with Crippen LogP contribution in [0.2, 0.25) is 0 Å². The van der Waals surface area contributed by atoms with Gasteiger partial charge >= 0.3 is 6.09 Å². The number of nitrogens with one attached hydrogen (secondary N) is 1. The van der Waals surface area contributed by atoms with Gasteiger partial charge in [0.1, 0.15) is 0 Å². The monoisotopic (exact) mass is 247 g/mol. The smallest absolute Gasteiger partial charge is 0.404 e. The third-order valence-corrected chi connectivity index (χ3v) is 2.31. The van der Waals surface area contributed by atoms with Crippen molar-refractivity contribution in [3.63, 3.8) is 0 Å². The van der Waals surface area contributed by atoms with Gasteiger partial charge in [-0.2, -0.15) is 0 Å². The largest absolute Gasteiger partial charge is 0.465 e. The summed E-state index contributed by atoms with van der Waals surface area (Å²) in [5.74, 6) is 0. The first-order valence-corrected chi connectivity index (χ1v) is 5.52. The molecule has 4 nitrogen and oxygen atoms in total. The molecule has 0 bridgehead atoms. The Kier molecular flexibility index (Phi) is 5.67. The number of rotatable bonds is 2. The number of ether oxygens (including phenoxy) is 1. The molecule has 2 rings (SSSR count). The van der Waals surface area contributed by atoms with Crippen LogP contribution in [0.25, 0.3) is 10.8 Å². The summed E-state index contributed by atoms with van der Waals surface area (Å²) in [5.41, 5.74) is 0.996. The maximum absolute atomic E-state index is 10.4. The number of fused-ring (bicyclic) bond motifs is 1. The summed E-state index contributed by atoms with van der Waals surface area (Å²) >= 11 is 0. The number of hydrogen-bond acceptors (Lipinski definition) is 2. The number of carbonyl (C=O) groups is 1. The van der Waals surface area contributed by atoms with Crippen LogP contribution >= 0.6 is 0 Å². The van der Waals surface area contributed by atoms with Crippen LogP contribution in [0.4, 0.5) is 4.79 Å². The maximum Gasteiger partial charge on any atom is 0.404 e. The van der Waals surface area contributed by atoms with Crippen LogP contribution in [0.1, 0.15) is 5.56 Å². The van der Waals surface area contributed by atoms with Crippen molar-refractivity contribution in [2.45, 2.75) is 6.54 Å². The highest BCUT2D eigenvalue weighted by molar-refractivity contribution is 5.85. The minimum Gasteiger partial charge on any atom is -0.465 e. The third kappa shape index (κ3) is 4.07. The summed E-state index contributed by atoms with van der Waals surface area (Å²) in [7, 11) is 3.25. The Bertz CT molecular complexity index is 506. The first-order chi connectivity index (χ1) is 8.69. The van der Waals surface area contributed by atoms with E-state index in [0.29, 0.717) is 6.54 Å². The Morgan fingerprint density at radius 3 is 2.44 bits per heavy atom. The zero-order chi connectivity index (χ0) is 13.4. The molecule has 0 atom stereocenters. The van der Waals surface area contributed by atoms with Gasteiger partial charge in [0.05, 0.1) is 0 Å². The fourth-order valence-electron chi connectivity index (χ4n) is 1.62. The molecule has 0 unspecified atom stereocenters. The molecule has 4 heteroatoms. The summed E-state index contributed by atoms with van der Waals surface area (Å²) in [4.78, 5) is 10.4. The van der Waals surface area contributed by atoms with Crippen molar-refractivity contribution in [1.29, 1.82) is 0 Å². The quantitative estimate of drug-likeness (QED) is 0.857. The molecular formula is C14H17NO3. The molecule has 2 aromatic carbocycles. The van der Waals surface area contributed by atoms with Crippen molar-refractivity contribution in [2.75, 3.05) is 14.2 Å². The van der Waals surface area contributed by atoms with E-state index in [4.69, 9.17) is 5.11 Å². The van der Waals surface area contributed by atoms with Gasteiger partial charge in [0.2, 0.25) is 0 Å². The second-order valence-corrected chi connectivity index (χ2v) is 3.71. The first kappa shape index (κ1) is 14.0. The molecule has 0 aromatic heterocycles. The molecule has 0 saturated carbocycles. The van der Waals surface area contributed by atoms with Crippen molar-refractivity contribution < 1.29 is 14.6 Å². The summed E-state index contributed by atoms with van der Waals surface area (Å²) in [6.07, 6.45) is -0.997. The van der Waals surface area contributed by atoms with Crippen LogP contribution in [0.15, 0.2) is 42.5 Å². The van der Waals surface area contributed by atoms with E-state index < -0.39 is 6.09 Å². The van der Waals surface area contributed by atoms with Gasteiger partial charge in [-0.15, -0.1) is 0 Å².